The Labute approximate surface area is 83.8 Å². The van der Waals surface area contributed by atoms with Gasteiger partial charge in [0, 0.05) is 0 Å². The van der Waals surface area contributed by atoms with Gasteiger partial charge in [-0.05, 0) is 26.7 Å². The minimum atomic E-state index is -0.969. The van der Waals surface area contributed by atoms with Crippen molar-refractivity contribution in [1.29, 1.82) is 0 Å². The molecule has 0 aromatic rings. The van der Waals surface area contributed by atoms with E-state index in [1.165, 1.54) is 0 Å². The monoisotopic (exact) mass is 209 g/mol. The first-order chi connectivity index (χ1) is 5.44. The number of aliphatic hydroxyl groups excluding tert-OH is 1. The molecule has 0 spiro atoms. The van der Waals surface area contributed by atoms with Crippen LogP contribution in [0.5, 0.6) is 0 Å². The molecule has 0 bridgehead atoms. The molecule has 0 amide bonds. The second kappa shape index (κ2) is 3.07. The van der Waals surface area contributed by atoms with Crippen LogP contribution in [-0.4, -0.2) is 28.8 Å². The molecule has 4 nitrogen and oxygen atoms in total. The van der Waals surface area contributed by atoms with Gasteiger partial charge in [0.2, 0.25) is 0 Å². The van der Waals surface area contributed by atoms with Gasteiger partial charge in [-0.15, -0.1) is 12.4 Å². The lowest BCUT2D eigenvalue weighted by atomic mass is 10.1. The fourth-order valence-electron chi connectivity index (χ4n) is 2.05. The summed E-state index contributed by atoms with van der Waals surface area (Å²) >= 11 is 0. The minimum Gasteiger partial charge on any atom is -0.389 e. The van der Waals surface area contributed by atoms with Crippen LogP contribution in [0.4, 0.5) is 0 Å². The topological polar surface area (TPSA) is 64.7 Å². The van der Waals surface area contributed by atoms with Crippen molar-refractivity contribution in [3.05, 3.63) is 0 Å². The van der Waals surface area contributed by atoms with Gasteiger partial charge in [-0.1, -0.05) is 0 Å². The molecule has 2 aliphatic rings. The fraction of sp³-hybridized carbons (Fsp3) is 1.00. The first-order valence-corrected chi connectivity index (χ1v) is 4.29. The van der Waals surface area contributed by atoms with E-state index in [1.54, 1.807) is 0 Å². The smallest absolute Gasteiger partial charge is 0.172 e. The lowest BCUT2D eigenvalue weighted by Crippen LogP contribution is -2.53. The van der Waals surface area contributed by atoms with Crippen LogP contribution in [0, 0.1) is 0 Å². The predicted molar refractivity (Wildman–Crippen MR) is 49.4 cm³/mol. The molecular weight excluding hydrogens is 194 g/mol. The normalized spacial score (nSPS) is 47.1. The Morgan fingerprint density at radius 3 is 2.54 bits per heavy atom. The third-order valence-corrected chi connectivity index (χ3v) is 2.57. The van der Waals surface area contributed by atoms with Crippen molar-refractivity contribution in [3.63, 3.8) is 0 Å². The molecule has 3 unspecified atom stereocenters. The van der Waals surface area contributed by atoms with Gasteiger partial charge < -0.3 is 14.6 Å². The van der Waals surface area contributed by atoms with Crippen LogP contribution in [-0.2, 0) is 9.47 Å². The first-order valence-electron chi connectivity index (χ1n) is 4.29. The van der Waals surface area contributed by atoms with Gasteiger partial charge in [-0.2, -0.15) is 0 Å². The number of nitrogens with two attached hydrogens (primary N) is 1. The summed E-state index contributed by atoms with van der Waals surface area (Å²) in [6.45, 7) is 3.62. The first kappa shape index (κ1) is 11.2. The summed E-state index contributed by atoms with van der Waals surface area (Å²) in [4.78, 5) is 0. The van der Waals surface area contributed by atoms with Crippen molar-refractivity contribution in [2.24, 2.45) is 5.73 Å². The molecule has 78 valence electrons. The van der Waals surface area contributed by atoms with E-state index in [2.05, 4.69) is 0 Å². The lowest BCUT2D eigenvalue weighted by molar-refractivity contribution is -0.185. The largest absolute Gasteiger partial charge is 0.389 e. The Balaban J connectivity index is 0.000000845. The molecule has 5 heteroatoms. The predicted octanol–water partition coefficient (Wildman–Crippen LogP) is 0.369. The molecule has 0 radical (unpaired) electrons. The van der Waals surface area contributed by atoms with Gasteiger partial charge in [0.15, 0.2) is 11.5 Å². The van der Waals surface area contributed by atoms with Crippen molar-refractivity contribution in [2.45, 2.75) is 50.4 Å². The fourth-order valence-corrected chi connectivity index (χ4v) is 2.05. The Hall–Kier alpha value is 0.130. The molecule has 2 rings (SSSR count). The summed E-state index contributed by atoms with van der Waals surface area (Å²) in [6, 6.07) is 0. The number of halogens is 1. The van der Waals surface area contributed by atoms with Gasteiger partial charge in [0.25, 0.3) is 0 Å². The molecule has 2 fully saturated rings. The van der Waals surface area contributed by atoms with Crippen LogP contribution in [0.3, 0.4) is 0 Å². The zero-order chi connectivity index (χ0) is 8.98. The molecule has 1 saturated carbocycles. The zero-order valence-electron chi connectivity index (χ0n) is 7.82. The van der Waals surface area contributed by atoms with Crippen LogP contribution in [0.2, 0.25) is 0 Å². The molecular formula is C8H16ClNO3. The van der Waals surface area contributed by atoms with Crippen LogP contribution in [0.1, 0.15) is 26.7 Å². The third kappa shape index (κ3) is 1.57. The molecule has 1 aliphatic heterocycles. The van der Waals surface area contributed by atoms with Gasteiger partial charge in [-0.3, -0.25) is 5.73 Å². The highest BCUT2D eigenvalue weighted by molar-refractivity contribution is 5.85. The van der Waals surface area contributed by atoms with E-state index in [4.69, 9.17) is 15.2 Å². The summed E-state index contributed by atoms with van der Waals surface area (Å²) in [5, 5.41) is 9.56. The van der Waals surface area contributed by atoms with Gasteiger partial charge in [-0.25, -0.2) is 0 Å². The maximum absolute atomic E-state index is 9.56. The number of rotatable bonds is 0. The Kier molecular flexibility index (Phi) is 2.64. The van der Waals surface area contributed by atoms with Crippen molar-refractivity contribution in [3.8, 4) is 0 Å². The SMILES string of the molecule is CC1(C)OC2CCC(O)C2(N)O1.Cl. The molecule has 1 aliphatic carbocycles. The van der Waals surface area contributed by atoms with E-state index in [-0.39, 0.29) is 18.5 Å². The van der Waals surface area contributed by atoms with Crippen LogP contribution in [0.25, 0.3) is 0 Å². The molecule has 3 atom stereocenters. The lowest BCUT2D eigenvalue weighted by Gasteiger charge is -2.26. The quantitative estimate of drug-likeness (QED) is 0.605. The van der Waals surface area contributed by atoms with Gasteiger partial charge in [0.05, 0.1) is 6.10 Å². The van der Waals surface area contributed by atoms with Crippen LogP contribution in [0.15, 0.2) is 0 Å². The van der Waals surface area contributed by atoms with E-state index < -0.39 is 17.6 Å². The molecule has 1 saturated heterocycles. The molecule has 3 N–H and O–H groups in total. The summed E-state index contributed by atoms with van der Waals surface area (Å²) in [5.41, 5.74) is 4.92. The maximum atomic E-state index is 9.56. The second-order valence-electron chi connectivity index (χ2n) is 4.06. The Morgan fingerprint density at radius 2 is 2.00 bits per heavy atom. The number of ether oxygens (including phenoxy) is 2. The Morgan fingerprint density at radius 1 is 1.38 bits per heavy atom. The molecule has 13 heavy (non-hydrogen) atoms. The van der Waals surface area contributed by atoms with E-state index in [9.17, 15) is 5.11 Å². The zero-order valence-corrected chi connectivity index (χ0v) is 8.63. The number of hydrogen-bond donors (Lipinski definition) is 2. The highest BCUT2D eigenvalue weighted by Gasteiger charge is 2.58. The summed E-state index contributed by atoms with van der Waals surface area (Å²) in [6.07, 6.45) is 0.699. The summed E-state index contributed by atoms with van der Waals surface area (Å²) < 4.78 is 11.0. The summed E-state index contributed by atoms with van der Waals surface area (Å²) in [5.74, 6) is -0.652. The van der Waals surface area contributed by atoms with E-state index in [1.807, 2.05) is 13.8 Å². The third-order valence-electron chi connectivity index (χ3n) is 2.57. The van der Waals surface area contributed by atoms with Gasteiger partial charge >= 0.3 is 0 Å². The molecule has 0 aromatic carbocycles. The van der Waals surface area contributed by atoms with E-state index in [0.29, 0.717) is 6.42 Å². The second-order valence-corrected chi connectivity index (χ2v) is 4.06. The summed E-state index contributed by atoms with van der Waals surface area (Å²) in [7, 11) is 0. The van der Waals surface area contributed by atoms with E-state index in [0.717, 1.165) is 6.42 Å². The number of aliphatic hydroxyl groups is 1. The maximum Gasteiger partial charge on any atom is 0.172 e. The highest BCUT2D eigenvalue weighted by atomic mass is 35.5. The van der Waals surface area contributed by atoms with Crippen molar-refractivity contribution >= 4 is 12.4 Å². The highest BCUT2D eigenvalue weighted by Crippen LogP contribution is 2.42. The van der Waals surface area contributed by atoms with Crippen molar-refractivity contribution in [2.75, 3.05) is 0 Å². The molecule has 1 heterocycles. The average molecular weight is 210 g/mol. The van der Waals surface area contributed by atoms with Crippen molar-refractivity contribution in [1.82, 2.24) is 0 Å². The number of hydrogen-bond acceptors (Lipinski definition) is 4. The van der Waals surface area contributed by atoms with Crippen LogP contribution < -0.4 is 5.73 Å². The average Bonchev–Trinajstić information content (AvgIpc) is 2.27. The molecule has 0 aromatic heterocycles. The van der Waals surface area contributed by atoms with E-state index >= 15 is 0 Å². The minimum absolute atomic E-state index is 0. The standard InChI is InChI=1S/C8H15NO3.ClH/c1-7(2)11-6-4-3-5(10)8(6,9)12-7;/h5-6,10H,3-4,9H2,1-2H3;1H. The number of fused-ring (bicyclic) bond motifs is 1. The van der Waals surface area contributed by atoms with Crippen LogP contribution >= 0.6 is 12.4 Å². The van der Waals surface area contributed by atoms with Gasteiger partial charge in [0.1, 0.15) is 6.10 Å². The Bertz CT molecular complexity index is 212. The van der Waals surface area contributed by atoms with Crippen molar-refractivity contribution < 1.29 is 14.6 Å².